The van der Waals surface area contributed by atoms with Crippen molar-refractivity contribution in [3.8, 4) is 0 Å². The second-order valence-corrected chi connectivity index (χ2v) is 6.46. The summed E-state index contributed by atoms with van der Waals surface area (Å²) < 4.78 is 1.70. The number of benzene rings is 1. The Morgan fingerprint density at radius 1 is 1.12 bits per heavy atom. The Morgan fingerprint density at radius 2 is 1.85 bits per heavy atom. The normalized spacial score (nSPS) is 14.6. The smallest absolute Gasteiger partial charge is 0.250 e. The zero-order valence-corrected chi connectivity index (χ0v) is 15.2. The molecule has 0 spiro atoms. The van der Waals surface area contributed by atoms with Crippen LogP contribution in [0.15, 0.2) is 70.6 Å². The fourth-order valence-electron chi connectivity index (χ4n) is 2.96. The molecule has 0 atom stereocenters. The third kappa shape index (κ3) is 5.09. The highest BCUT2D eigenvalue weighted by Crippen LogP contribution is 2.10. The fraction of sp³-hybridized carbons (Fsp3) is 0.333. The monoisotopic (exact) mass is 350 g/mol. The number of nitrogens with one attached hydrogen (secondary N) is 2. The van der Waals surface area contributed by atoms with Gasteiger partial charge in [-0.25, -0.2) is 4.99 Å². The summed E-state index contributed by atoms with van der Waals surface area (Å²) in [5.41, 5.74) is 2.27. The lowest BCUT2D eigenvalue weighted by Crippen LogP contribution is -2.42. The van der Waals surface area contributed by atoms with Gasteiger partial charge in [-0.05, 0) is 37.0 Å². The molecule has 1 aliphatic carbocycles. The van der Waals surface area contributed by atoms with Crippen molar-refractivity contribution >= 4 is 5.96 Å². The van der Waals surface area contributed by atoms with E-state index in [9.17, 15) is 4.79 Å². The molecule has 0 aliphatic heterocycles. The van der Waals surface area contributed by atoms with Crippen molar-refractivity contribution in [1.29, 1.82) is 0 Å². The fourth-order valence-corrected chi connectivity index (χ4v) is 2.96. The van der Waals surface area contributed by atoms with Gasteiger partial charge in [-0.15, -0.1) is 0 Å². The van der Waals surface area contributed by atoms with E-state index in [2.05, 4.69) is 59.0 Å². The minimum absolute atomic E-state index is 0.0175. The number of pyridine rings is 1. The first kappa shape index (κ1) is 18.0. The van der Waals surface area contributed by atoms with E-state index in [1.54, 1.807) is 16.7 Å². The number of hydrogen-bond donors (Lipinski definition) is 2. The van der Waals surface area contributed by atoms with E-state index in [4.69, 9.17) is 0 Å². The Bertz CT molecular complexity index is 812. The summed E-state index contributed by atoms with van der Waals surface area (Å²) in [6.45, 7) is 4.13. The van der Waals surface area contributed by atoms with Crippen molar-refractivity contribution in [2.75, 3.05) is 6.54 Å². The molecule has 0 saturated heterocycles. The lowest BCUT2D eigenvalue weighted by atomic mass is 10.1. The van der Waals surface area contributed by atoms with Gasteiger partial charge in [0.1, 0.15) is 0 Å². The maximum absolute atomic E-state index is 11.8. The molecule has 1 heterocycles. The van der Waals surface area contributed by atoms with Crippen LogP contribution in [-0.4, -0.2) is 23.1 Å². The Kier molecular flexibility index (Phi) is 6.25. The first-order valence-corrected chi connectivity index (χ1v) is 9.17. The molecule has 5 nitrogen and oxygen atoms in total. The molecule has 5 heteroatoms. The summed E-state index contributed by atoms with van der Waals surface area (Å²) in [7, 11) is 0. The van der Waals surface area contributed by atoms with E-state index in [0.29, 0.717) is 19.1 Å². The highest BCUT2D eigenvalue weighted by Gasteiger charge is 2.11. The second kappa shape index (κ2) is 9.04. The number of hydrogen-bond acceptors (Lipinski definition) is 2. The molecule has 0 amide bonds. The number of aromatic nitrogens is 1. The van der Waals surface area contributed by atoms with E-state index in [1.165, 1.54) is 0 Å². The minimum Gasteiger partial charge on any atom is -0.357 e. The molecule has 26 heavy (non-hydrogen) atoms. The molecule has 2 aromatic rings. The molecular formula is C21H26N4O. The molecule has 1 aromatic carbocycles. The quantitative estimate of drug-likeness (QED) is 0.478. The van der Waals surface area contributed by atoms with Crippen molar-refractivity contribution in [2.45, 2.75) is 38.9 Å². The summed E-state index contributed by atoms with van der Waals surface area (Å²) in [6.07, 6.45) is 8.33. The summed E-state index contributed by atoms with van der Waals surface area (Å²) in [5.74, 6) is 0.862. The lowest BCUT2D eigenvalue weighted by Gasteiger charge is -2.16. The standard InChI is InChI=1S/C21H26N4O/c1-2-22-21(24-19-7-3-4-8-19)23-15-17-10-12-18(13-11-17)16-25-14-6-5-9-20(25)26/h3-6,9-14,19H,2,7-8,15-16H2,1H3,(H2,22,23,24). The van der Waals surface area contributed by atoms with Gasteiger partial charge in [-0.3, -0.25) is 4.79 Å². The Morgan fingerprint density at radius 3 is 2.54 bits per heavy atom. The van der Waals surface area contributed by atoms with Crippen molar-refractivity contribution < 1.29 is 0 Å². The third-order valence-electron chi connectivity index (χ3n) is 4.39. The SMILES string of the molecule is CCNC(=NCc1ccc(Cn2ccccc2=O)cc1)NC1CC=CC1. The first-order chi connectivity index (χ1) is 12.7. The average molecular weight is 350 g/mol. The molecule has 136 valence electrons. The van der Waals surface area contributed by atoms with Gasteiger partial charge in [0, 0.05) is 24.8 Å². The van der Waals surface area contributed by atoms with Crippen LogP contribution >= 0.6 is 0 Å². The molecule has 0 saturated carbocycles. The largest absolute Gasteiger partial charge is 0.357 e. The molecule has 0 unspecified atom stereocenters. The van der Waals surface area contributed by atoms with Crippen molar-refractivity contribution in [1.82, 2.24) is 15.2 Å². The summed E-state index contributed by atoms with van der Waals surface area (Å²) >= 11 is 0. The topological polar surface area (TPSA) is 58.4 Å². The van der Waals surface area contributed by atoms with Gasteiger partial charge in [0.25, 0.3) is 5.56 Å². The van der Waals surface area contributed by atoms with Crippen LogP contribution in [0.5, 0.6) is 0 Å². The van der Waals surface area contributed by atoms with Crippen LogP contribution in [0.25, 0.3) is 0 Å². The number of rotatable bonds is 6. The molecule has 3 rings (SSSR count). The summed E-state index contributed by atoms with van der Waals surface area (Å²) in [5, 5.41) is 6.78. The summed E-state index contributed by atoms with van der Waals surface area (Å²) in [6, 6.07) is 13.9. The van der Waals surface area contributed by atoms with E-state index in [-0.39, 0.29) is 5.56 Å². The predicted octanol–water partition coefficient (Wildman–Crippen LogP) is 2.67. The van der Waals surface area contributed by atoms with Crippen molar-refractivity contribution in [3.05, 3.63) is 82.3 Å². The Labute approximate surface area is 154 Å². The van der Waals surface area contributed by atoms with E-state index >= 15 is 0 Å². The molecule has 0 radical (unpaired) electrons. The maximum atomic E-state index is 11.8. The van der Waals surface area contributed by atoms with Crippen LogP contribution < -0.4 is 16.2 Å². The van der Waals surface area contributed by atoms with Crippen LogP contribution in [0.3, 0.4) is 0 Å². The number of nitrogens with zero attached hydrogens (tertiary/aromatic N) is 2. The summed E-state index contributed by atoms with van der Waals surface area (Å²) in [4.78, 5) is 16.5. The molecule has 1 aromatic heterocycles. The highest BCUT2D eigenvalue weighted by atomic mass is 16.1. The van der Waals surface area contributed by atoms with Gasteiger partial charge in [-0.2, -0.15) is 0 Å². The minimum atomic E-state index is 0.0175. The van der Waals surface area contributed by atoms with Gasteiger partial charge >= 0.3 is 0 Å². The van der Waals surface area contributed by atoms with Gasteiger partial charge in [-0.1, -0.05) is 42.5 Å². The Balaban J connectivity index is 1.60. The van der Waals surface area contributed by atoms with Gasteiger partial charge in [0.2, 0.25) is 0 Å². The van der Waals surface area contributed by atoms with E-state index < -0.39 is 0 Å². The zero-order chi connectivity index (χ0) is 18.2. The van der Waals surface area contributed by atoms with E-state index in [0.717, 1.165) is 36.5 Å². The second-order valence-electron chi connectivity index (χ2n) is 6.46. The molecule has 0 fully saturated rings. The predicted molar refractivity (Wildman–Crippen MR) is 106 cm³/mol. The average Bonchev–Trinajstić information content (AvgIpc) is 3.16. The molecular weight excluding hydrogens is 324 g/mol. The van der Waals surface area contributed by atoms with Gasteiger partial charge in [0.15, 0.2) is 5.96 Å². The molecule has 2 N–H and O–H groups in total. The van der Waals surface area contributed by atoms with Crippen LogP contribution in [0.2, 0.25) is 0 Å². The number of guanidine groups is 1. The highest BCUT2D eigenvalue weighted by molar-refractivity contribution is 5.80. The lowest BCUT2D eigenvalue weighted by molar-refractivity contribution is 0.633. The molecule has 1 aliphatic rings. The number of aliphatic imine (C=N–C) groups is 1. The van der Waals surface area contributed by atoms with Crippen LogP contribution in [0.4, 0.5) is 0 Å². The van der Waals surface area contributed by atoms with Crippen molar-refractivity contribution in [3.63, 3.8) is 0 Å². The van der Waals surface area contributed by atoms with Gasteiger partial charge in [0.05, 0.1) is 13.1 Å². The van der Waals surface area contributed by atoms with E-state index in [1.807, 2.05) is 12.3 Å². The van der Waals surface area contributed by atoms with Crippen LogP contribution in [0.1, 0.15) is 30.9 Å². The van der Waals surface area contributed by atoms with Crippen LogP contribution in [0, 0.1) is 0 Å². The maximum Gasteiger partial charge on any atom is 0.250 e. The molecule has 0 bridgehead atoms. The Hall–Kier alpha value is -2.82. The van der Waals surface area contributed by atoms with Crippen molar-refractivity contribution in [2.24, 2.45) is 4.99 Å². The van der Waals surface area contributed by atoms with Gasteiger partial charge < -0.3 is 15.2 Å². The first-order valence-electron chi connectivity index (χ1n) is 9.17. The van der Waals surface area contributed by atoms with Crippen LogP contribution in [-0.2, 0) is 13.1 Å². The third-order valence-corrected chi connectivity index (χ3v) is 4.39. The zero-order valence-electron chi connectivity index (χ0n) is 15.2.